The van der Waals surface area contributed by atoms with Crippen LogP contribution in [-0.4, -0.2) is 54.3 Å². The highest BCUT2D eigenvalue weighted by Crippen LogP contribution is 2.42. The lowest BCUT2D eigenvalue weighted by Gasteiger charge is -2.15. The lowest BCUT2D eigenvalue weighted by atomic mass is 10.1. The summed E-state index contributed by atoms with van der Waals surface area (Å²) in [6, 6.07) is 0. The molecule has 0 aromatic heterocycles. The van der Waals surface area contributed by atoms with Crippen LogP contribution in [0.2, 0.25) is 0 Å². The molecule has 0 aromatic carbocycles. The number of esters is 1. The van der Waals surface area contributed by atoms with E-state index in [1.807, 2.05) is 0 Å². The number of hydrogen-bond donors (Lipinski definition) is 3. The summed E-state index contributed by atoms with van der Waals surface area (Å²) >= 11 is 0. The van der Waals surface area contributed by atoms with E-state index in [-0.39, 0.29) is 32.1 Å². The van der Waals surface area contributed by atoms with Crippen LogP contribution in [0.15, 0.2) is 36.5 Å². The molecule has 0 aromatic rings. The van der Waals surface area contributed by atoms with E-state index in [4.69, 9.17) is 13.8 Å². The van der Waals surface area contributed by atoms with Gasteiger partial charge in [0, 0.05) is 19.4 Å². The van der Waals surface area contributed by atoms with Gasteiger partial charge in [0.25, 0.3) is 0 Å². The first-order valence-electron chi connectivity index (χ1n) is 20.0. The number of aliphatic hydroxyl groups is 1. The van der Waals surface area contributed by atoms with Crippen molar-refractivity contribution in [3.8, 4) is 0 Å². The highest BCUT2D eigenvalue weighted by molar-refractivity contribution is 7.47. The standard InChI is InChI=1S/C40H74NO8P/c1-3-5-7-9-11-13-15-17-18-19-21-23-25-27-29-31-33-40(44)47-36-38(42)37-49-50(45,46)48-35-34-41-39(43)32-30-28-26-24-22-20-16-14-12-10-8-6-4-2/h13-16,18-19,38,42H,3-12,17,20-37H2,1-2H3,(H,41,43)(H,45,46)/b15-13-,16-14-,19-18-. The summed E-state index contributed by atoms with van der Waals surface area (Å²) in [4.78, 5) is 33.8. The zero-order chi connectivity index (χ0) is 36.8. The van der Waals surface area contributed by atoms with E-state index in [0.29, 0.717) is 6.42 Å². The van der Waals surface area contributed by atoms with Crippen LogP contribution in [0.3, 0.4) is 0 Å². The van der Waals surface area contributed by atoms with Gasteiger partial charge in [-0.3, -0.25) is 18.6 Å². The number of rotatable bonds is 37. The fourth-order valence-electron chi connectivity index (χ4n) is 5.23. The van der Waals surface area contributed by atoms with Crippen LogP contribution in [0.4, 0.5) is 0 Å². The van der Waals surface area contributed by atoms with Crippen molar-refractivity contribution in [3.05, 3.63) is 36.5 Å². The smallest absolute Gasteiger partial charge is 0.463 e. The number of amides is 1. The number of hydrogen-bond acceptors (Lipinski definition) is 7. The molecule has 0 heterocycles. The molecule has 9 nitrogen and oxygen atoms in total. The maximum absolute atomic E-state index is 12.1. The second-order valence-electron chi connectivity index (χ2n) is 13.2. The third kappa shape index (κ3) is 37.5. The minimum Gasteiger partial charge on any atom is -0.463 e. The van der Waals surface area contributed by atoms with Crippen LogP contribution in [0, 0.1) is 0 Å². The van der Waals surface area contributed by atoms with Gasteiger partial charge in [0.05, 0.1) is 13.2 Å². The van der Waals surface area contributed by atoms with Crippen LogP contribution < -0.4 is 5.32 Å². The molecule has 2 unspecified atom stereocenters. The first-order chi connectivity index (χ1) is 24.3. The molecule has 0 bridgehead atoms. The van der Waals surface area contributed by atoms with Gasteiger partial charge < -0.3 is 20.1 Å². The van der Waals surface area contributed by atoms with Crippen molar-refractivity contribution in [3.63, 3.8) is 0 Å². The van der Waals surface area contributed by atoms with E-state index in [0.717, 1.165) is 77.0 Å². The number of ether oxygens (including phenoxy) is 1. The number of phosphoric ester groups is 1. The molecule has 0 aliphatic rings. The Bertz CT molecular complexity index is 923. The Kier molecular flexibility index (Phi) is 35.7. The molecule has 292 valence electrons. The number of allylic oxidation sites excluding steroid dienone is 6. The molecule has 2 atom stereocenters. The molecule has 0 radical (unpaired) electrons. The molecule has 0 fully saturated rings. The largest absolute Gasteiger partial charge is 0.472 e. The molecular formula is C40H74NO8P. The maximum atomic E-state index is 12.1. The molecule has 1 amide bonds. The van der Waals surface area contributed by atoms with Crippen LogP contribution >= 0.6 is 7.82 Å². The molecule has 50 heavy (non-hydrogen) atoms. The van der Waals surface area contributed by atoms with Crippen molar-refractivity contribution in [2.24, 2.45) is 0 Å². The SMILES string of the molecule is CCCCCC/C=C\C/C=C\CCCCCCCC(=O)OCC(O)COP(=O)(O)OCCNC(=O)CCCCCCC/C=C\CCCCCC. The number of aliphatic hydroxyl groups excluding tert-OH is 1. The Labute approximate surface area is 305 Å². The highest BCUT2D eigenvalue weighted by atomic mass is 31.2. The predicted octanol–water partition coefficient (Wildman–Crippen LogP) is 10.6. The fourth-order valence-corrected chi connectivity index (χ4v) is 5.98. The van der Waals surface area contributed by atoms with Crippen LogP contribution in [0.1, 0.15) is 174 Å². The summed E-state index contributed by atoms with van der Waals surface area (Å²) in [5.74, 6) is -0.540. The molecule has 0 aliphatic heterocycles. The van der Waals surface area contributed by atoms with Crippen LogP contribution in [-0.2, 0) is 27.9 Å². The van der Waals surface area contributed by atoms with E-state index in [9.17, 15) is 24.2 Å². The lowest BCUT2D eigenvalue weighted by Crippen LogP contribution is -2.27. The molecule has 0 aliphatic carbocycles. The summed E-state index contributed by atoms with van der Waals surface area (Å²) in [6.45, 7) is 3.48. The summed E-state index contributed by atoms with van der Waals surface area (Å²) < 4.78 is 26.8. The molecule has 0 saturated carbocycles. The Morgan fingerprint density at radius 1 is 0.620 bits per heavy atom. The highest BCUT2D eigenvalue weighted by Gasteiger charge is 2.23. The van der Waals surface area contributed by atoms with Gasteiger partial charge in [0.2, 0.25) is 5.91 Å². The first-order valence-corrected chi connectivity index (χ1v) is 21.5. The van der Waals surface area contributed by atoms with Gasteiger partial charge in [-0.1, -0.05) is 127 Å². The normalized spacial score (nSPS) is 13.8. The summed E-state index contributed by atoms with van der Waals surface area (Å²) in [6.07, 6.45) is 39.2. The summed E-state index contributed by atoms with van der Waals surface area (Å²) in [7, 11) is -4.42. The molecule has 10 heteroatoms. The quantitative estimate of drug-likeness (QED) is 0.0249. The van der Waals surface area contributed by atoms with Crippen molar-refractivity contribution in [1.82, 2.24) is 5.32 Å². The minimum absolute atomic E-state index is 0.0753. The van der Waals surface area contributed by atoms with Crippen molar-refractivity contribution < 1.29 is 37.9 Å². The summed E-state index contributed by atoms with van der Waals surface area (Å²) in [5, 5.41) is 12.6. The zero-order valence-corrected chi connectivity index (χ0v) is 32.7. The Morgan fingerprint density at radius 3 is 1.62 bits per heavy atom. The number of unbranched alkanes of at least 4 members (excludes halogenated alkanes) is 18. The van der Waals surface area contributed by atoms with E-state index >= 15 is 0 Å². The molecule has 0 spiro atoms. The second kappa shape index (κ2) is 37.0. The van der Waals surface area contributed by atoms with Crippen LogP contribution in [0.25, 0.3) is 0 Å². The van der Waals surface area contributed by atoms with E-state index in [2.05, 4.69) is 55.6 Å². The van der Waals surface area contributed by atoms with Gasteiger partial charge in [-0.2, -0.15) is 0 Å². The average molecular weight is 728 g/mol. The van der Waals surface area contributed by atoms with Gasteiger partial charge in [-0.05, 0) is 70.6 Å². The van der Waals surface area contributed by atoms with Gasteiger partial charge in [-0.25, -0.2) is 4.57 Å². The number of carbonyl (C=O) groups excluding carboxylic acids is 2. The average Bonchev–Trinajstić information content (AvgIpc) is 3.10. The van der Waals surface area contributed by atoms with E-state index in [1.54, 1.807) is 0 Å². The van der Waals surface area contributed by atoms with Crippen molar-refractivity contribution in [1.29, 1.82) is 0 Å². The molecule has 0 rings (SSSR count). The van der Waals surface area contributed by atoms with Gasteiger partial charge >= 0.3 is 13.8 Å². The van der Waals surface area contributed by atoms with Crippen LogP contribution in [0.5, 0.6) is 0 Å². The Hall–Kier alpha value is -1.77. The van der Waals surface area contributed by atoms with E-state index < -0.39 is 26.5 Å². The molecular weight excluding hydrogens is 653 g/mol. The van der Waals surface area contributed by atoms with Gasteiger partial charge in [-0.15, -0.1) is 0 Å². The Balaban J connectivity index is 3.65. The third-order valence-electron chi connectivity index (χ3n) is 8.29. The lowest BCUT2D eigenvalue weighted by molar-refractivity contribution is -0.147. The summed E-state index contributed by atoms with van der Waals surface area (Å²) in [5.41, 5.74) is 0. The molecule has 0 saturated heterocycles. The van der Waals surface area contributed by atoms with Crippen molar-refractivity contribution in [2.75, 3.05) is 26.4 Å². The van der Waals surface area contributed by atoms with Gasteiger partial charge in [0.1, 0.15) is 12.7 Å². The first kappa shape index (κ1) is 48.2. The van der Waals surface area contributed by atoms with Gasteiger partial charge in [0.15, 0.2) is 0 Å². The second-order valence-corrected chi connectivity index (χ2v) is 14.7. The topological polar surface area (TPSA) is 131 Å². The zero-order valence-electron chi connectivity index (χ0n) is 31.8. The number of phosphoric acid groups is 1. The number of nitrogens with one attached hydrogen (secondary N) is 1. The Morgan fingerprint density at radius 2 is 1.08 bits per heavy atom. The predicted molar refractivity (Wildman–Crippen MR) is 206 cm³/mol. The third-order valence-corrected chi connectivity index (χ3v) is 9.28. The monoisotopic (exact) mass is 728 g/mol. The molecule has 3 N–H and O–H groups in total. The fraction of sp³-hybridized carbons (Fsp3) is 0.800. The van der Waals surface area contributed by atoms with Crippen molar-refractivity contribution >= 4 is 19.7 Å². The number of carbonyl (C=O) groups is 2. The van der Waals surface area contributed by atoms with Crippen molar-refractivity contribution in [2.45, 2.75) is 180 Å². The van der Waals surface area contributed by atoms with E-state index in [1.165, 1.54) is 70.6 Å². The maximum Gasteiger partial charge on any atom is 0.472 e. The minimum atomic E-state index is -4.42.